The molecule has 5 nitrogen and oxygen atoms in total. The first-order valence-electron chi connectivity index (χ1n) is 8.54. The van der Waals surface area contributed by atoms with Gasteiger partial charge >= 0.3 is 6.03 Å². The minimum Gasteiger partial charge on any atom is -0.381 e. The van der Waals surface area contributed by atoms with Gasteiger partial charge in [-0.3, -0.25) is 4.90 Å². The van der Waals surface area contributed by atoms with Gasteiger partial charge in [-0.05, 0) is 42.7 Å². The minimum atomic E-state index is 0.0761. The molecule has 3 heterocycles. The van der Waals surface area contributed by atoms with E-state index in [1.807, 2.05) is 4.90 Å². The first-order valence-corrected chi connectivity index (χ1v) is 9.48. The van der Waals surface area contributed by atoms with E-state index in [2.05, 4.69) is 40.9 Å². The highest BCUT2D eigenvalue weighted by molar-refractivity contribution is 7.07. The first kappa shape index (κ1) is 16.7. The fourth-order valence-corrected chi connectivity index (χ4v) is 4.13. The van der Waals surface area contributed by atoms with Crippen molar-refractivity contribution in [2.24, 2.45) is 5.92 Å². The quantitative estimate of drug-likeness (QED) is 0.918. The Morgan fingerprint density at radius 1 is 1.35 bits per heavy atom. The SMILES string of the molecule is C[C@H](NC(=O)N1CCN([C@@H](C)c2ccsc2)CC1)[C@@H]1CCOC1. The number of carbonyl (C=O) groups is 1. The Kier molecular flexibility index (Phi) is 5.56. The average Bonchev–Trinajstić information content (AvgIpc) is 3.27. The molecule has 0 radical (unpaired) electrons. The van der Waals surface area contributed by atoms with Crippen molar-refractivity contribution in [3.05, 3.63) is 22.4 Å². The maximum absolute atomic E-state index is 12.4. The van der Waals surface area contributed by atoms with Crippen LogP contribution in [0.5, 0.6) is 0 Å². The zero-order valence-electron chi connectivity index (χ0n) is 14.0. The summed E-state index contributed by atoms with van der Waals surface area (Å²) in [5.74, 6) is 0.457. The number of amides is 2. The van der Waals surface area contributed by atoms with Gasteiger partial charge in [0.15, 0.2) is 0 Å². The smallest absolute Gasteiger partial charge is 0.317 e. The lowest BCUT2D eigenvalue weighted by Crippen LogP contribution is -2.54. The Morgan fingerprint density at radius 3 is 2.74 bits per heavy atom. The van der Waals surface area contributed by atoms with Gasteiger partial charge < -0.3 is 15.0 Å². The number of hydrogen-bond acceptors (Lipinski definition) is 4. The second kappa shape index (κ2) is 7.64. The molecule has 0 aromatic carbocycles. The summed E-state index contributed by atoms with van der Waals surface area (Å²) < 4.78 is 5.41. The molecule has 0 aliphatic carbocycles. The first-order chi connectivity index (χ1) is 11.1. The van der Waals surface area contributed by atoms with Crippen LogP contribution in [0.1, 0.15) is 31.9 Å². The van der Waals surface area contributed by atoms with Gasteiger partial charge in [0.25, 0.3) is 0 Å². The maximum atomic E-state index is 12.4. The average molecular weight is 337 g/mol. The van der Waals surface area contributed by atoms with E-state index in [9.17, 15) is 4.79 Å². The van der Waals surface area contributed by atoms with Crippen molar-refractivity contribution in [3.8, 4) is 0 Å². The van der Waals surface area contributed by atoms with Crippen LogP contribution in [-0.4, -0.2) is 61.3 Å². The van der Waals surface area contributed by atoms with Crippen LogP contribution in [0.4, 0.5) is 4.79 Å². The van der Waals surface area contributed by atoms with Crippen LogP contribution in [0, 0.1) is 5.92 Å². The molecule has 2 aliphatic rings. The highest BCUT2D eigenvalue weighted by Crippen LogP contribution is 2.23. The molecular formula is C17H27N3O2S. The van der Waals surface area contributed by atoms with Gasteiger partial charge in [-0.25, -0.2) is 4.79 Å². The number of thiophene rings is 1. The summed E-state index contributed by atoms with van der Waals surface area (Å²) in [6.45, 7) is 9.41. The van der Waals surface area contributed by atoms with E-state index < -0.39 is 0 Å². The zero-order chi connectivity index (χ0) is 16.2. The van der Waals surface area contributed by atoms with E-state index in [-0.39, 0.29) is 12.1 Å². The lowest BCUT2D eigenvalue weighted by Gasteiger charge is -2.38. The van der Waals surface area contributed by atoms with E-state index in [4.69, 9.17) is 4.74 Å². The molecule has 1 N–H and O–H groups in total. The van der Waals surface area contributed by atoms with Crippen molar-refractivity contribution < 1.29 is 9.53 Å². The molecule has 3 rings (SSSR count). The van der Waals surface area contributed by atoms with Gasteiger partial charge in [0, 0.05) is 50.8 Å². The van der Waals surface area contributed by atoms with Crippen LogP contribution >= 0.6 is 11.3 Å². The molecule has 0 saturated carbocycles. The number of carbonyl (C=O) groups excluding carboxylic acids is 1. The molecule has 0 unspecified atom stereocenters. The molecule has 0 bridgehead atoms. The van der Waals surface area contributed by atoms with Crippen LogP contribution in [0.3, 0.4) is 0 Å². The number of rotatable bonds is 4. The van der Waals surface area contributed by atoms with Crippen molar-refractivity contribution in [2.45, 2.75) is 32.4 Å². The third-order valence-electron chi connectivity index (χ3n) is 5.20. The van der Waals surface area contributed by atoms with Gasteiger partial charge in [0.1, 0.15) is 0 Å². The summed E-state index contributed by atoms with van der Waals surface area (Å²) in [5, 5.41) is 7.50. The third kappa shape index (κ3) is 4.05. The van der Waals surface area contributed by atoms with Gasteiger partial charge in [0.2, 0.25) is 0 Å². The second-order valence-corrected chi connectivity index (χ2v) is 7.40. The van der Waals surface area contributed by atoms with Crippen molar-refractivity contribution in [2.75, 3.05) is 39.4 Å². The van der Waals surface area contributed by atoms with Crippen LogP contribution in [0.2, 0.25) is 0 Å². The normalized spacial score (nSPS) is 25.3. The van der Waals surface area contributed by atoms with Crippen LogP contribution in [0.25, 0.3) is 0 Å². The summed E-state index contributed by atoms with van der Waals surface area (Å²) in [6, 6.07) is 2.89. The van der Waals surface area contributed by atoms with Crippen LogP contribution in [0.15, 0.2) is 16.8 Å². The molecule has 128 valence electrons. The van der Waals surface area contributed by atoms with Gasteiger partial charge in [-0.1, -0.05) is 0 Å². The van der Waals surface area contributed by atoms with E-state index >= 15 is 0 Å². The fraction of sp³-hybridized carbons (Fsp3) is 0.706. The summed E-state index contributed by atoms with van der Waals surface area (Å²) in [7, 11) is 0. The fourth-order valence-electron chi connectivity index (χ4n) is 3.39. The molecule has 2 aliphatic heterocycles. The number of hydrogen-bond donors (Lipinski definition) is 1. The van der Waals surface area contributed by atoms with Gasteiger partial charge in [-0.2, -0.15) is 11.3 Å². The molecule has 23 heavy (non-hydrogen) atoms. The highest BCUT2D eigenvalue weighted by Gasteiger charge is 2.28. The Labute approximate surface area is 142 Å². The Bertz CT molecular complexity index is 494. The predicted octanol–water partition coefficient (Wildman–Crippen LogP) is 2.56. The number of nitrogens with zero attached hydrogens (tertiary/aromatic N) is 2. The van der Waals surface area contributed by atoms with E-state index in [0.717, 1.165) is 45.8 Å². The Morgan fingerprint density at radius 2 is 2.13 bits per heavy atom. The molecule has 2 fully saturated rings. The Hall–Kier alpha value is -1.11. The summed E-state index contributed by atoms with van der Waals surface area (Å²) in [4.78, 5) is 16.8. The molecule has 1 aromatic heterocycles. The zero-order valence-corrected chi connectivity index (χ0v) is 14.8. The predicted molar refractivity (Wildman–Crippen MR) is 92.8 cm³/mol. The van der Waals surface area contributed by atoms with Crippen molar-refractivity contribution >= 4 is 17.4 Å². The lowest BCUT2D eigenvalue weighted by molar-refractivity contribution is 0.111. The molecule has 1 aromatic rings. The lowest BCUT2D eigenvalue weighted by atomic mass is 10.0. The number of ether oxygens (including phenoxy) is 1. The maximum Gasteiger partial charge on any atom is 0.317 e. The number of piperazine rings is 1. The molecule has 3 atom stereocenters. The highest BCUT2D eigenvalue weighted by atomic mass is 32.1. The molecule has 2 saturated heterocycles. The third-order valence-corrected chi connectivity index (χ3v) is 5.90. The van der Waals surface area contributed by atoms with E-state index in [1.165, 1.54) is 5.56 Å². The number of nitrogens with one attached hydrogen (secondary N) is 1. The number of urea groups is 1. The summed E-state index contributed by atoms with van der Waals surface area (Å²) in [6.07, 6.45) is 1.05. The minimum absolute atomic E-state index is 0.0761. The molecule has 2 amide bonds. The summed E-state index contributed by atoms with van der Waals surface area (Å²) in [5.41, 5.74) is 1.38. The monoisotopic (exact) mass is 337 g/mol. The van der Waals surface area contributed by atoms with Gasteiger partial charge in [-0.15, -0.1) is 0 Å². The van der Waals surface area contributed by atoms with E-state index in [1.54, 1.807) is 11.3 Å². The van der Waals surface area contributed by atoms with Crippen molar-refractivity contribution in [1.82, 2.24) is 15.1 Å². The summed E-state index contributed by atoms with van der Waals surface area (Å²) >= 11 is 1.74. The molecule has 6 heteroatoms. The van der Waals surface area contributed by atoms with Crippen LogP contribution in [-0.2, 0) is 4.74 Å². The van der Waals surface area contributed by atoms with Gasteiger partial charge in [0.05, 0.1) is 6.61 Å². The van der Waals surface area contributed by atoms with Crippen LogP contribution < -0.4 is 5.32 Å². The molecular weight excluding hydrogens is 310 g/mol. The molecule has 0 spiro atoms. The van der Waals surface area contributed by atoms with Crippen molar-refractivity contribution in [1.29, 1.82) is 0 Å². The van der Waals surface area contributed by atoms with Crippen molar-refractivity contribution in [3.63, 3.8) is 0 Å². The standard InChI is InChI=1S/C17H27N3O2S/c1-13(15-3-9-22-11-15)18-17(21)20-7-5-19(6-8-20)14(2)16-4-10-23-12-16/h4,10,12-15H,3,5-9,11H2,1-2H3,(H,18,21)/t13-,14-,15+/m0/s1. The Balaban J connectivity index is 1.45. The largest absolute Gasteiger partial charge is 0.381 e. The topological polar surface area (TPSA) is 44.8 Å². The second-order valence-electron chi connectivity index (χ2n) is 6.62. The van der Waals surface area contributed by atoms with E-state index in [0.29, 0.717) is 12.0 Å².